The fraction of sp³-hybridized carbons (Fsp3) is 0.353. The molecule has 0 aliphatic heterocycles. The molecule has 0 fully saturated rings. The molecule has 0 atom stereocenters. The maximum Gasteiger partial charge on any atom is 0.236 e. The van der Waals surface area contributed by atoms with Crippen molar-refractivity contribution in [3.63, 3.8) is 0 Å². The summed E-state index contributed by atoms with van der Waals surface area (Å²) in [6, 6.07) is 7.07. The zero-order chi connectivity index (χ0) is 18.1. The number of amidine groups is 1. The highest BCUT2D eigenvalue weighted by Crippen LogP contribution is 2.12. The maximum absolute atomic E-state index is 9.61. The van der Waals surface area contributed by atoms with Crippen molar-refractivity contribution in [2.75, 3.05) is 6.61 Å². The topological polar surface area (TPSA) is 98.7 Å². The van der Waals surface area contributed by atoms with E-state index in [4.69, 9.17) is 5.11 Å². The van der Waals surface area contributed by atoms with Crippen molar-refractivity contribution in [1.82, 2.24) is 4.57 Å². The highest BCUT2D eigenvalue weighted by atomic mass is 16.5. The van der Waals surface area contributed by atoms with Gasteiger partial charge in [-0.2, -0.15) is 0 Å². The van der Waals surface area contributed by atoms with Crippen LogP contribution in [0.1, 0.15) is 26.0 Å². The first kappa shape index (κ1) is 18.5. The van der Waals surface area contributed by atoms with E-state index in [0.717, 1.165) is 10.4 Å². The first-order valence-corrected chi connectivity index (χ1v) is 8.19. The molecule has 0 saturated carbocycles. The Morgan fingerprint density at radius 2 is 1.96 bits per heavy atom. The lowest BCUT2D eigenvalue weighted by atomic mass is 10.3. The molecular weight excluding hydrogens is 320 g/mol. The molecular formula is C17H23N6O2+. The molecule has 2 aromatic rings. The molecule has 0 spiro atoms. The second-order valence-electron chi connectivity index (χ2n) is 5.26. The number of nitrogens with zero attached hydrogens (tertiary/aromatic N) is 6. The van der Waals surface area contributed by atoms with Gasteiger partial charge in [-0.25, -0.2) is 0 Å². The third-order valence-electron chi connectivity index (χ3n) is 3.47. The molecule has 2 rings (SSSR count). The SMILES string of the molecule is CCC(N=Nc1cc[n+](O)c(CC)c1)=NN=c1ccn(CCO)cc1. The van der Waals surface area contributed by atoms with E-state index in [1.54, 1.807) is 12.1 Å². The van der Waals surface area contributed by atoms with Crippen molar-refractivity contribution in [2.45, 2.75) is 33.2 Å². The van der Waals surface area contributed by atoms with Crippen molar-refractivity contribution in [2.24, 2.45) is 20.4 Å². The van der Waals surface area contributed by atoms with Crippen LogP contribution in [0.2, 0.25) is 0 Å². The average Bonchev–Trinajstić information content (AvgIpc) is 2.64. The molecule has 8 nitrogen and oxygen atoms in total. The van der Waals surface area contributed by atoms with Gasteiger partial charge in [-0.1, -0.05) is 13.8 Å². The molecule has 132 valence electrons. The summed E-state index contributed by atoms with van der Waals surface area (Å²) in [5, 5.41) is 35.8. The molecule has 0 bridgehead atoms. The Hall–Kier alpha value is -2.87. The Morgan fingerprint density at radius 1 is 1.20 bits per heavy atom. The minimum Gasteiger partial charge on any atom is -0.395 e. The van der Waals surface area contributed by atoms with Gasteiger partial charge in [0.2, 0.25) is 11.9 Å². The lowest BCUT2D eigenvalue weighted by Crippen LogP contribution is -2.33. The van der Waals surface area contributed by atoms with Crippen LogP contribution >= 0.6 is 0 Å². The van der Waals surface area contributed by atoms with Crippen molar-refractivity contribution < 1.29 is 15.0 Å². The minimum absolute atomic E-state index is 0.0924. The Balaban J connectivity index is 2.15. The first-order chi connectivity index (χ1) is 12.2. The third kappa shape index (κ3) is 5.61. The number of aliphatic hydroxyl groups is 1. The van der Waals surface area contributed by atoms with Gasteiger partial charge in [0.25, 0.3) is 0 Å². The molecule has 0 saturated heterocycles. The van der Waals surface area contributed by atoms with Gasteiger partial charge >= 0.3 is 0 Å². The van der Waals surface area contributed by atoms with Crippen molar-refractivity contribution in [1.29, 1.82) is 0 Å². The Bertz CT molecular complexity index is 806. The third-order valence-corrected chi connectivity index (χ3v) is 3.47. The van der Waals surface area contributed by atoms with Gasteiger partial charge < -0.3 is 9.67 Å². The molecule has 0 aliphatic carbocycles. The highest BCUT2D eigenvalue weighted by Gasteiger charge is 2.08. The second kappa shape index (κ2) is 9.43. The van der Waals surface area contributed by atoms with E-state index >= 15 is 0 Å². The highest BCUT2D eigenvalue weighted by molar-refractivity contribution is 5.82. The van der Waals surface area contributed by atoms with E-state index in [1.165, 1.54) is 6.20 Å². The van der Waals surface area contributed by atoms with Crippen molar-refractivity contribution >= 4 is 11.5 Å². The molecule has 0 unspecified atom stereocenters. The van der Waals surface area contributed by atoms with Crippen LogP contribution in [0.4, 0.5) is 5.69 Å². The summed E-state index contributed by atoms with van der Waals surface area (Å²) in [5.74, 6) is 0.505. The number of hydrogen-bond acceptors (Lipinski definition) is 5. The van der Waals surface area contributed by atoms with Crippen LogP contribution in [0.25, 0.3) is 0 Å². The van der Waals surface area contributed by atoms with Crippen molar-refractivity contribution in [3.8, 4) is 0 Å². The van der Waals surface area contributed by atoms with Crippen molar-refractivity contribution in [3.05, 3.63) is 53.9 Å². The number of pyridine rings is 2. The quantitative estimate of drug-likeness (QED) is 0.209. The van der Waals surface area contributed by atoms with Crippen LogP contribution in [0.15, 0.2) is 63.3 Å². The molecule has 2 aromatic heterocycles. The molecule has 2 heterocycles. The summed E-state index contributed by atoms with van der Waals surface area (Å²) in [4.78, 5) is 0. The Labute approximate surface area is 146 Å². The predicted molar refractivity (Wildman–Crippen MR) is 92.5 cm³/mol. The number of hydrogen-bond donors (Lipinski definition) is 2. The van der Waals surface area contributed by atoms with Gasteiger partial charge in [0.05, 0.1) is 17.7 Å². The normalized spacial score (nSPS) is 11.9. The summed E-state index contributed by atoms with van der Waals surface area (Å²) in [5.41, 5.74) is 1.39. The van der Waals surface area contributed by atoms with Gasteiger partial charge in [0, 0.05) is 48.6 Å². The Kier molecular flexibility index (Phi) is 6.97. The van der Waals surface area contributed by atoms with Gasteiger partial charge in [0.15, 0.2) is 5.84 Å². The zero-order valence-electron chi connectivity index (χ0n) is 14.4. The molecule has 25 heavy (non-hydrogen) atoms. The summed E-state index contributed by atoms with van der Waals surface area (Å²) >= 11 is 0. The van der Waals surface area contributed by atoms with Crippen LogP contribution in [0.5, 0.6) is 0 Å². The molecule has 0 radical (unpaired) electrons. The van der Waals surface area contributed by atoms with E-state index in [-0.39, 0.29) is 6.61 Å². The van der Waals surface area contributed by atoms with Gasteiger partial charge in [0.1, 0.15) is 0 Å². The van der Waals surface area contributed by atoms with Gasteiger partial charge in [-0.15, -0.1) is 20.4 Å². The lowest BCUT2D eigenvalue weighted by molar-refractivity contribution is -0.909. The second-order valence-corrected chi connectivity index (χ2v) is 5.26. The smallest absolute Gasteiger partial charge is 0.236 e. The van der Waals surface area contributed by atoms with Gasteiger partial charge in [-0.05, 0) is 12.1 Å². The summed E-state index contributed by atoms with van der Waals surface area (Å²) in [7, 11) is 0. The largest absolute Gasteiger partial charge is 0.395 e. The van der Waals surface area contributed by atoms with E-state index < -0.39 is 0 Å². The van der Waals surface area contributed by atoms with Crippen LogP contribution in [0, 0.1) is 0 Å². The lowest BCUT2D eigenvalue weighted by Gasteiger charge is -2.01. The number of aryl methyl sites for hydroxylation is 1. The maximum atomic E-state index is 9.61. The molecule has 0 aromatic carbocycles. The number of azo groups is 1. The van der Waals surface area contributed by atoms with E-state index in [9.17, 15) is 5.21 Å². The van der Waals surface area contributed by atoms with E-state index in [1.807, 2.05) is 42.9 Å². The van der Waals surface area contributed by atoms with Gasteiger partial charge in [-0.3, -0.25) is 5.21 Å². The molecule has 2 N–H and O–H groups in total. The standard InChI is InChI=1S/C17H23N6O2/c1-3-16-13-15(7-10-23(16)25)19-21-17(4-2)20-18-14-5-8-22(9-6-14)11-12-24/h5-10,13,24-25H,3-4,11-12H2,1-2H3/q+1. The molecule has 8 heteroatoms. The van der Waals surface area contributed by atoms with E-state index in [2.05, 4.69) is 20.4 Å². The number of aromatic nitrogens is 2. The zero-order valence-corrected chi connectivity index (χ0v) is 14.4. The van der Waals surface area contributed by atoms with Crippen LogP contribution < -0.4 is 10.1 Å². The van der Waals surface area contributed by atoms with Crippen LogP contribution in [0.3, 0.4) is 0 Å². The monoisotopic (exact) mass is 343 g/mol. The fourth-order valence-electron chi connectivity index (χ4n) is 2.03. The minimum atomic E-state index is 0.0924. The Morgan fingerprint density at radius 3 is 2.60 bits per heavy atom. The fourth-order valence-corrected chi connectivity index (χ4v) is 2.03. The van der Waals surface area contributed by atoms with E-state index in [0.29, 0.717) is 36.3 Å². The first-order valence-electron chi connectivity index (χ1n) is 8.19. The summed E-state index contributed by atoms with van der Waals surface area (Å²) < 4.78 is 2.93. The summed E-state index contributed by atoms with van der Waals surface area (Å²) in [6.45, 7) is 4.51. The summed E-state index contributed by atoms with van der Waals surface area (Å²) in [6.07, 6.45) is 6.48. The predicted octanol–water partition coefficient (Wildman–Crippen LogP) is 1.98. The van der Waals surface area contributed by atoms with Crippen LogP contribution in [-0.2, 0) is 13.0 Å². The average molecular weight is 343 g/mol. The molecule has 0 aliphatic rings. The number of aliphatic hydroxyl groups excluding tert-OH is 1. The molecule has 0 amide bonds. The number of rotatable bonds is 6. The van der Waals surface area contributed by atoms with Crippen LogP contribution in [-0.4, -0.2) is 27.3 Å².